The van der Waals surface area contributed by atoms with Gasteiger partial charge in [-0.3, -0.25) is 15.8 Å². The van der Waals surface area contributed by atoms with Gasteiger partial charge in [-0.25, -0.2) is 4.79 Å². The second-order valence-electron chi connectivity index (χ2n) is 6.69. The molecule has 1 aliphatic heterocycles. The van der Waals surface area contributed by atoms with Crippen molar-refractivity contribution in [3.8, 4) is 0 Å². The van der Waals surface area contributed by atoms with Gasteiger partial charge in [-0.2, -0.15) is 0 Å². The van der Waals surface area contributed by atoms with Gasteiger partial charge in [0.05, 0.1) is 11.2 Å². The lowest BCUT2D eigenvalue weighted by Gasteiger charge is -2.18. The molecule has 4 N–H and O–H groups in total. The highest BCUT2D eigenvalue weighted by molar-refractivity contribution is 5.99. The summed E-state index contributed by atoms with van der Waals surface area (Å²) < 4.78 is 0. The Hall–Kier alpha value is -2.18. The first-order chi connectivity index (χ1) is 11.5. The molecule has 6 heteroatoms. The number of nitrogens with zero attached hydrogens (tertiary/aromatic N) is 1. The molecular formula is C18H25N5O. The Kier molecular flexibility index (Phi) is 4.97. The van der Waals surface area contributed by atoms with Gasteiger partial charge in [0.2, 0.25) is 0 Å². The number of benzene rings is 1. The van der Waals surface area contributed by atoms with Crippen molar-refractivity contribution in [1.29, 1.82) is 0 Å². The average Bonchev–Trinajstić information content (AvgIpc) is 2.92. The first kappa shape index (κ1) is 16.7. The second-order valence-corrected chi connectivity index (χ2v) is 6.69. The van der Waals surface area contributed by atoms with Crippen LogP contribution in [0.4, 0.5) is 10.5 Å². The van der Waals surface area contributed by atoms with Crippen LogP contribution < -0.4 is 21.5 Å². The second kappa shape index (κ2) is 7.15. The largest absolute Gasteiger partial charge is 0.335 e. The number of hydrazine groups is 1. The number of hydrogen-bond donors (Lipinski definition) is 4. The van der Waals surface area contributed by atoms with Crippen LogP contribution in [0.15, 0.2) is 30.3 Å². The Morgan fingerprint density at radius 2 is 2.17 bits per heavy atom. The minimum absolute atomic E-state index is 0.0827. The van der Waals surface area contributed by atoms with Crippen LogP contribution in [0.25, 0.3) is 10.9 Å². The molecule has 3 unspecified atom stereocenters. The molecule has 0 aliphatic carbocycles. The number of anilines is 1. The number of pyridine rings is 1. The number of aryl methyl sites for hydroxylation is 1. The first-order valence-corrected chi connectivity index (χ1v) is 8.46. The standard InChI is InChI=1S/C18H25N5O/c1-11-7-8-14-5-4-6-16(17(14)19-11)21-18(24)20-12(2)9-15-10-13(3)22-23-15/h4-8,12-13,15,22-23H,9-10H2,1-3H3,(H2,20,21,24). The maximum atomic E-state index is 12.3. The summed E-state index contributed by atoms with van der Waals surface area (Å²) >= 11 is 0. The number of aromatic nitrogens is 1. The molecule has 1 aromatic carbocycles. The zero-order chi connectivity index (χ0) is 17.1. The van der Waals surface area contributed by atoms with Gasteiger partial charge in [0.25, 0.3) is 0 Å². The highest BCUT2D eigenvalue weighted by Gasteiger charge is 2.22. The lowest BCUT2D eigenvalue weighted by molar-refractivity contribution is 0.247. The van der Waals surface area contributed by atoms with Crippen LogP contribution in [0.3, 0.4) is 0 Å². The lowest BCUT2D eigenvalue weighted by Crippen LogP contribution is -2.41. The summed E-state index contributed by atoms with van der Waals surface area (Å²) in [6.07, 6.45) is 1.96. The summed E-state index contributed by atoms with van der Waals surface area (Å²) in [5.41, 5.74) is 8.94. The van der Waals surface area contributed by atoms with Crippen LogP contribution in [0.2, 0.25) is 0 Å². The van der Waals surface area contributed by atoms with Crippen molar-refractivity contribution in [3.63, 3.8) is 0 Å². The minimum atomic E-state index is -0.197. The van der Waals surface area contributed by atoms with Crippen molar-refractivity contribution < 1.29 is 4.79 Å². The molecule has 128 valence electrons. The van der Waals surface area contributed by atoms with Crippen molar-refractivity contribution in [2.24, 2.45) is 0 Å². The molecule has 2 amide bonds. The van der Waals surface area contributed by atoms with E-state index in [4.69, 9.17) is 0 Å². The fourth-order valence-electron chi connectivity index (χ4n) is 3.17. The van der Waals surface area contributed by atoms with Gasteiger partial charge >= 0.3 is 6.03 Å². The molecule has 24 heavy (non-hydrogen) atoms. The average molecular weight is 327 g/mol. The van der Waals surface area contributed by atoms with Crippen molar-refractivity contribution >= 4 is 22.6 Å². The van der Waals surface area contributed by atoms with Gasteiger partial charge in [-0.05, 0) is 45.7 Å². The van der Waals surface area contributed by atoms with Gasteiger partial charge in [-0.15, -0.1) is 0 Å². The Balaban J connectivity index is 1.61. The van der Waals surface area contributed by atoms with Crippen molar-refractivity contribution in [3.05, 3.63) is 36.0 Å². The molecule has 3 rings (SSSR count). The third-order valence-corrected chi connectivity index (χ3v) is 4.30. The van der Waals surface area contributed by atoms with Gasteiger partial charge in [0.15, 0.2) is 0 Å². The van der Waals surface area contributed by atoms with E-state index in [1.54, 1.807) is 0 Å². The highest BCUT2D eigenvalue weighted by Crippen LogP contribution is 2.21. The van der Waals surface area contributed by atoms with Gasteiger partial charge < -0.3 is 10.6 Å². The fourth-order valence-corrected chi connectivity index (χ4v) is 3.17. The van der Waals surface area contributed by atoms with E-state index in [-0.39, 0.29) is 12.1 Å². The molecule has 0 radical (unpaired) electrons. The number of carbonyl (C=O) groups excluding carboxylic acids is 1. The fraction of sp³-hybridized carbons (Fsp3) is 0.444. The predicted molar refractivity (Wildman–Crippen MR) is 96.9 cm³/mol. The number of carbonyl (C=O) groups is 1. The Bertz CT molecular complexity index is 732. The molecule has 0 spiro atoms. The molecule has 1 saturated heterocycles. The Morgan fingerprint density at radius 3 is 2.92 bits per heavy atom. The zero-order valence-electron chi connectivity index (χ0n) is 14.4. The van der Waals surface area contributed by atoms with Crippen LogP contribution in [0.1, 0.15) is 32.4 Å². The maximum absolute atomic E-state index is 12.3. The van der Waals surface area contributed by atoms with Gasteiger partial charge in [0.1, 0.15) is 0 Å². The molecule has 1 aliphatic rings. The Morgan fingerprint density at radius 1 is 1.33 bits per heavy atom. The van der Waals surface area contributed by atoms with Crippen LogP contribution in [-0.2, 0) is 0 Å². The van der Waals surface area contributed by atoms with Gasteiger partial charge in [0, 0.05) is 29.2 Å². The summed E-state index contributed by atoms with van der Waals surface area (Å²) in [4.78, 5) is 16.8. The van der Waals surface area contributed by atoms with E-state index in [9.17, 15) is 4.79 Å². The molecule has 2 aromatic rings. The molecule has 3 atom stereocenters. The molecule has 0 saturated carbocycles. The monoisotopic (exact) mass is 327 g/mol. The van der Waals surface area contributed by atoms with E-state index in [1.165, 1.54) is 0 Å². The van der Waals surface area contributed by atoms with Crippen molar-refractivity contribution in [2.75, 3.05) is 5.32 Å². The quantitative estimate of drug-likeness (QED) is 0.696. The minimum Gasteiger partial charge on any atom is -0.335 e. The molecule has 0 bridgehead atoms. The number of para-hydroxylation sites is 1. The summed E-state index contributed by atoms with van der Waals surface area (Å²) in [5, 5.41) is 6.95. The number of nitrogens with one attached hydrogen (secondary N) is 4. The summed E-state index contributed by atoms with van der Waals surface area (Å²) in [7, 11) is 0. The van der Waals surface area contributed by atoms with E-state index in [1.807, 2.05) is 44.2 Å². The number of rotatable bonds is 4. The maximum Gasteiger partial charge on any atom is 0.319 e. The topological polar surface area (TPSA) is 78.1 Å². The zero-order valence-corrected chi connectivity index (χ0v) is 14.4. The van der Waals surface area contributed by atoms with E-state index in [0.29, 0.717) is 12.1 Å². The highest BCUT2D eigenvalue weighted by atomic mass is 16.2. The van der Waals surface area contributed by atoms with E-state index >= 15 is 0 Å². The van der Waals surface area contributed by atoms with Crippen LogP contribution in [0, 0.1) is 6.92 Å². The third kappa shape index (κ3) is 4.01. The molecule has 1 fully saturated rings. The van der Waals surface area contributed by atoms with E-state index in [2.05, 4.69) is 33.4 Å². The number of urea groups is 1. The number of amides is 2. The third-order valence-electron chi connectivity index (χ3n) is 4.30. The summed E-state index contributed by atoms with van der Waals surface area (Å²) in [6.45, 7) is 6.12. The normalized spacial score (nSPS) is 21.6. The van der Waals surface area contributed by atoms with E-state index < -0.39 is 0 Å². The summed E-state index contributed by atoms with van der Waals surface area (Å²) in [5.74, 6) is 0. The SMILES string of the molecule is Cc1ccc2cccc(NC(=O)NC(C)CC3CC(C)NN3)c2n1. The van der Waals surface area contributed by atoms with Crippen LogP contribution in [-0.4, -0.2) is 29.1 Å². The van der Waals surface area contributed by atoms with E-state index in [0.717, 1.165) is 35.1 Å². The summed E-state index contributed by atoms with van der Waals surface area (Å²) in [6, 6.07) is 10.5. The van der Waals surface area contributed by atoms with Crippen molar-refractivity contribution in [2.45, 2.75) is 51.7 Å². The lowest BCUT2D eigenvalue weighted by atomic mass is 10.0. The smallest absolute Gasteiger partial charge is 0.319 e. The van der Waals surface area contributed by atoms with Crippen LogP contribution >= 0.6 is 0 Å². The molecule has 6 nitrogen and oxygen atoms in total. The number of hydrogen-bond acceptors (Lipinski definition) is 4. The predicted octanol–water partition coefficient (Wildman–Crippen LogP) is 2.70. The molecular weight excluding hydrogens is 302 g/mol. The van der Waals surface area contributed by atoms with Crippen molar-refractivity contribution in [1.82, 2.24) is 21.2 Å². The first-order valence-electron chi connectivity index (χ1n) is 8.46. The number of fused-ring (bicyclic) bond motifs is 1. The van der Waals surface area contributed by atoms with Gasteiger partial charge in [-0.1, -0.05) is 18.2 Å². The molecule has 2 heterocycles. The molecule has 1 aromatic heterocycles. The Labute approximate surface area is 142 Å². The van der Waals surface area contributed by atoms with Crippen LogP contribution in [0.5, 0.6) is 0 Å².